The second-order valence-corrected chi connectivity index (χ2v) is 8.04. The first-order chi connectivity index (χ1) is 14.0. The van der Waals surface area contributed by atoms with Crippen LogP contribution in [0, 0.1) is 6.92 Å². The molecular formula is C23H28N4O2. The Balaban J connectivity index is 1.48. The van der Waals surface area contributed by atoms with E-state index < -0.39 is 0 Å². The number of nitrogens with one attached hydrogen (secondary N) is 1. The molecule has 4 rings (SSSR count). The van der Waals surface area contributed by atoms with E-state index in [-0.39, 0.29) is 24.1 Å². The van der Waals surface area contributed by atoms with Crippen molar-refractivity contribution in [3.63, 3.8) is 0 Å². The molecule has 6 heteroatoms. The lowest BCUT2D eigenvalue weighted by atomic mass is 10.1. The van der Waals surface area contributed by atoms with Crippen LogP contribution >= 0.6 is 0 Å². The number of fused-ring (bicyclic) bond motifs is 2. The summed E-state index contributed by atoms with van der Waals surface area (Å²) in [5.74, 6) is 0.790. The molecule has 0 saturated carbocycles. The summed E-state index contributed by atoms with van der Waals surface area (Å²) in [4.78, 5) is 30.4. The van der Waals surface area contributed by atoms with Crippen molar-refractivity contribution in [3.05, 3.63) is 63.8 Å². The van der Waals surface area contributed by atoms with Crippen molar-refractivity contribution in [2.24, 2.45) is 0 Å². The average molecular weight is 393 g/mol. The predicted octanol–water partition coefficient (Wildman–Crippen LogP) is 2.98. The molecule has 1 aromatic carbocycles. The lowest BCUT2D eigenvalue weighted by molar-refractivity contribution is -0.122. The van der Waals surface area contributed by atoms with E-state index in [0.29, 0.717) is 17.6 Å². The van der Waals surface area contributed by atoms with Gasteiger partial charge in [0.15, 0.2) is 0 Å². The van der Waals surface area contributed by atoms with Crippen LogP contribution in [-0.2, 0) is 30.7 Å². The molecule has 0 saturated heterocycles. The topological polar surface area (TPSA) is 68.9 Å². The Hall–Kier alpha value is -2.89. The SMILES string of the molecule is Cc1cc2nc3n(c(=O)c2n1CC(=O)N[C@H](C)CCc1ccccc1)CCCC3. The van der Waals surface area contributed by atoms with Crippen molar-refractivity contribution in [1.82, 2.24) is 19.4 Å². The molecule has 29 heavy (non-hydrogen) atoms. The van der Waals surface area contributed by atoms with Crippen molar-refractivity contribution < 1.29 is 4.79 Å². The summed E-state index contributed by atoms with van der Waals surface area (Å²) in [6.45, 7) is 4.80. The Morgan fingerprint density at radius 2 is 2.03 bits per heavy atom. The molecule has 152 valence electrons. The first-order valence-corrected chi connectivity index (χ1v) is 10.5. The minimum absolute atomic E-state index is 0.0253. The van der Waals surface area contributed by atoms with Crippen LogP contribution in [0.15, 0.2) is 41.2 Å². The first kappa shape index (κ1) is 19.4. The summed E-state index contributed by atoms with van der Waals surface area (Å²) >= 11 is 0. The molecule has 3 heterocycles. The molecule has 1 aliphatic rings. The van der Waals surface area contributed by atoms with Crippen LogP contribution in [0.1, 0.15) is 43.3 Å². The van der Waals surface area contributed by atoms with Crippen molar-refractivity contribution >= 4 is 16.9 Å². The van der Waals surface area contributed by atoms with Gasteiger partial charge in [0, 0.05) is 24.7 Å². The van der Waals surface area contributed by atoms with Crippen molar-refractivity contribution in [2.75, 3.05) is 0 Å². The fourth-order valence-corrected chi connectivity index (χ4v) is 4.16. The lowest BCUT2D eigenvalue weighted by Gasteiger charge is -2.18. The summed E-state index contributed by atoms with van der Waals surface area (Å²) in [7, 11) is 0. The maximum Gasteiger partial charge on any atom is 0.278 e. The van der Waals surface area contributed by atoms with Crippen LogP contribution in [0.3, 0.4) is 0 Å². The summed E-state index contributed by atoms with van der Waals surface area (Å²) < 4.78 is 3.59. The second kappa shape index (κ2) is 8.23. The van der Waals surface area contributed by atoms with E-state index in [2.05, 4.69) is 17.4 Å². The molecule has 2 aromatic heterocycles. The van der Waals surface area contributed by atoms with E-state index in [1.54, 1.807) is 4.57 Å². The van der Waals surface area contributed by atoms with Crippen LogP contribution in [0.2, 0.25) is 0 Å². The van der Waals surface area contributed by atoms with Crippen LogP contribution < -0.4 is 10.9 Å². The van der Waals surface area contributed by atoms with Gasteiger partial charge in [-0.3, -0.25) is 14.2 Å². The van der Waals surface area contributed by atoms with Gasteiger partial charge in [-0.05, 0) is 51.2 Å². The number of carbonyl (C=O) groups is 1. The lowest BCUT2D eigenvalue weighted by Crippen LogP contribution is -2.36. The fourth-order valence-electron chi connectivity index (χ4n) is 4.16. The highest BCUT2D eigenvalue weighted by molar-refractivity contribution is 5.81. The number of amides is 1. The third kappa shape index (κ3) is 4.11. The number of hydrogen-bond donors (Lipinski definition) is 1. The van der Waals surface area contributed by atoms with E-state index >= 15 is 0 Å². The zero-order valence-corrected chi connectivity index (χ0v) is 17.1. The van der Waals surface area contributed by atoms with Crippen LogP contribution in [0.5, 0.6) is 0 Å². The molecule has 0 radical (unpaired) electrons. The quantitative estimate of drug-likeness (QED) is 0.701. The highest BCUT2D eigenvalue weighted by atomic mass is 16.2. The van der Waals surface area contributed by atoms with Gasteiger partial charge in [0.25, 0.3) is 5.56 Å². The van der Waals surface area contributed by atoms with Gasteiger partial charge in [0.2, 0.25) is 5.91 Å². The largest absolute Gasteiger partial charge is 0.352 e. The Labute approximate surface area is 170 Å². The van der Waals surface area contributed by atoms with Gasteiger partial charge in [0.05, 0.1) is 5.52 Å². The molecular weight excluding hydrogens is 364 g/mol. The number of rotatable bonds is 6. The normalized spacial score (nSPS) is 14.6. The monoisotopic (exact) mass is 392 g/mol. The molecule has 0 fully saturated rings. The first-order valence-electron chi connectivity index (χ1n) is 10.5. The van der Waals surface area contributed by atoms with Gasteiger partial charge < -0.3 is 9.88 Å². The van der Waals surface area contributed by atoms with Crippen molar-refractivity contribution in [1.29, 1.82) is 0 Å². The zero-order valence-electron chi connectivity index (χ0n) is 17.1. The molecule has 1 amide bonds. The van der Waals surface area contributed by atoms with Gasteiger partial charge in [-0.1, -0.05) is 30.3 Å². The Morgan fingerprint density at radius 1 is 1.24 bits per heavy atom. The number of aryl methyl sites for hydroxylation is 3. The Kier molecular flexibility index (Phi) is 5.51. The summed E-state index contributed by atoms with van der Waals surface area (Å²) in [6, 6.07) is 12.3. The predicted molar refractivity (Wildman–Crippen MR) is 114 cm³/mol. The van der Waals surface area contributed by atoms with E-state index in [4.69, 9.17) is 4.98 Å². The average Bonchev–Trinajstić information content (AvgIpc) is 3.02. The van der Waals surface area contributed by atoms with Crippen molar-refractivity contribution in [3.8, 4) is 0 Å². The van der Waals surface area contributed by atoms with E-state index in [1.807, 2.05) is 42.7 Å². The van der Waals surface area contributed by atoms with Gasteiger partial charge in [0.1, 0.15) is 17.9 Å². The molecule has 3 aromatic rings. The van der Waals surface area contributed by atoms with Gasteiger partial charge >= 0.3 is 0 Å². The molecule has 0 aliphatic carbocycles. The highest BCUT2D eigenvalue weighted by Crippen LogP contribution is 2.18. The molecule has 1 N–H and O–H groups in total. The van der Waals surface area contributed by atoms with Crippen molar-refractivity contribution in [2.45, 2.75) is 65.1 Å². The van der Waals surface area contributed by atoms with Gasteiger partial charge in [-0.2, -0.15) is 0 Å². The molecule has 6 nitrogen and oxygen atoms in total. The molecule has 1 aliphatic heterocycles. The molecule has 1 atom stereocenters. The minimum Gasteiger partial charge on any atom is -0.352 e. The zero-order chi connectivity index (χ0) is 20.4. The fraction of sp³-hybridized carbons (Fsp3) is 0.435. The number of carbonyl (C=O) groups excluding carboxylic acids is 1. The van der Waals surface area contributed by atoms with E-state index in [9.17, 15) is 9.59 Å². The number of hydrogen-bond acceptors (Lipinski definition) is 3. The maximum absolute atomic E-state index is 13.0. The van der Waals surface area contributed by atoms with Gasteiger partial charge in [-0.15, -0.1) is 0 Å². The minimum atomic E-state index is -0.0757. The number of aromatic nitrogens is 3. The third-order valence-corrected chi connectivity index (χ3v) is 5.74. The number of benzene rings is 1. The summed E-state index contributed by atoms with van der Waals surface area (Å²) in [6.07, 6.45) is 4.71. The van der Waals surface area contributed by atoms with E-state index in [1.165, 1.54) is 5.56 Å². The smallest absolute Gasteiger partial charge is 0.278 e. The molecule has 0 spiro atoms. The Bertz CT molecular complexity index is 1080. The standard InChI is InChI=1S/C23H28N4O2/c1-16(11-12-18-8-4-3-5-9-18)24-21(28)15-27-17(2)14-19-22(27)23(29)26-13-7-6-10-20(26)25-19/h3-5,8-9,14,16H,6-7,10-13,15H2,1-2H3,(H,24,28)/t16-/m1/s1. The highest BCUT2D eigenvalue weighted by Gasteiger charge is 2.20. The Morgan fingerprint density at radius 3 is 2.83 bits per heavy atom. The van der Waals surface area contributed by atoms with E-state index in [0.717, 1.165) is 43.6 Å². The molecule has 0 bridgehead atoms. The van der Waals surface area contributed by atoms with Crippen LogP contribution in [0.4, 0.5) is 0 Å². The summed E-state index contributed by atoms with van der Waals surface area (Å²) in [5, 5.41) is 3.07. The third-order valence-electron chi connectivity index (χ3n) is 5.74. The van der Waals surface area contributed by atoms with Crippen LogP contribution in [0.25, 0.3) is 11.0 Å². The second-order valence-electron chi connectivity index (χ2n) is 8.04. The molecule has 0 unspecified atom stereocenters. The maximum atomic E-state index is 13.0. The van der Waals surface area contributed by atoms with Gasteiger partial charge in [-0.25, -0.2) is 4.98 Å². The van der Waals surface area contributed by atoms with Crippen LogP contribution in [-0.4, -0.2) is 26.1 Å². The summed E-state index contributed by atoms with van der Waals surface area (Å²) in [5.41, 5.74) is 3.37. The number of nitrogens with zero attached hydrogens (tertiary/aromatic N) is 3.